The average molecular weight is 473 g/mol. The Bertz CT molecular complexity index is 1140. The van der Waals surface area contributed by atoms with Gasteiger partial charge in [-0.1, -0.05) is 51.3 Å². The fourth-order valence-electron chi connectivity index (χ4n) is 5.00. The maximum Gasteiger partial charge on any atom is 0.339 e. The van der Waals surface area contributed by atoms with Crippen LogP contribution in [0.4, 0.5) is 0 Å². The summed E-state index contributed by atoms with van der Waals surface area (Å²) in [6, 6.07) is 8.80. The molecule has 2 aliphatic rings. The van der Waals surface area contributed by atoms with Crippen LogP contribution in [0.3, 0.4) is 0 Å². The van der Waals surface area contributed by atoms with E-state index in [0.29, 0.717) is 22.9 Å². The molecule has 2 fully saturated rings. The van der Waals surface area contributed by atoms with Gasteiger partial charge < -0.3 is 9.64 Å². The Morgan fingerprint density at radius 3 is 2.48 bits per heavy atom. The molecule has 178 valence electrons. The van der Waals surface area contributed by atoms with Crippen molar-refractivity contribution in [3.63, 3.8) is 0 Å². The predicted molar refractivity (Wildman–Crippen MR) is 127 cm³/mol. The van der Waals surface area contributed by atoms with Crippen LogP contribution >= 0.6 is 0 Å². The molecule has 4 rings (SSSR count). The molecule has 8 heteroatoms. The third-order valence-electron chi connectivity index (χ3n) is 6.73. The van der Waals surface area contributed by atoms with Crippen LogP contribution in [0.15, 0.2) is 30.3 Å². The Morgan fingerprint density at radius 1 is 1.09 bits per heavy atom. The Kier molecular flexibility index (Phi) is 7.02. The van der Waals surface area contributed by atoms with E-state index < -0.39 is 15.8 Å². The van der Waals surface area contributed by atoms with E-state index in [2.05, 4.69) is 4.98 Å². The van der Waals surface area contributed by atoms with Gasteiger partial charge >= 0.3 is 5.97 Å². The van der Waals surface area contributed by atoms with Crippen molar-refractivity contribution in [1.29, 1.82) is 0 Å². The lowest BCUT2D eigenvalue weighted by molar-refractivity contribution is -0.140. The fourth-order valence-corrected chi connectivity index (χ4v) is 6.71. The van der Waals surface area contributed by atoms with Gasteiger partial charge in [-0.15, -0.1) is 0 Å². The Hall–Kier alpha value is -2.48. The molecule has 1 aliphatic carbocycles. The van der Waals surface area contributed by atoms with Gasteiger partial charge in [-0.3, -0.25) is 9.78 Å². The summed E-state index contributed by atoms with van der Waals surface area (Å²) in [5.74, 6) is -0.634. The molecule has 33 heavy (non-hydrogen) atoms. The highest BCUT2D eigenvalue weighted by atomic mass is 32.2. The molecule has 1 unspecified atom stereocenters. The number of hydrogen-bond donors (Lipinski definition) is 0. The number of hydrogen-bond acceptors (Lipinski definition) is 6. The molecule has 1 saturated carbocycles. The summed E-state index contributed by atoms with van der Waals surface area (Å²) >= 11 is 0. The summed E-state index contributed by atoms with van der Waals surface area (Å²) < 4.78 is 29.7. The monoisotopic (exact) mass is 472 g/mol. The van der Waals surface area contributed by atoms with E-state index >= 15 is 0 Å². The van der Waals surface area contributed by atoms with Gasteiger partial charge in [0.05, 0.1) is 22.6 Å². The maximum atomic E-state index is 13.3. The second kappa shape index (κ2) is 9.79. The number of carbonyl (C=O) groups excluding carboxylic acids is 2. The number of fused-ring (bicyclic) bond motifs is 1. The maximum absolute atomic E-state index is 13.3. The van der Waals surface area contributed by atoms with Gasteiger partial charge in [0.15, 0.2) is 16.4 Å². The van der Waals surface area contributed by atoms with Crippen molar-refractivity contribution in [2.24, 2.45) is 0 Å². The van der Waals surface area contributed by atoms with Crippen molar-refractivity contribution in [2.45, 2.75) is 70.4 Å². The normalized spacial score (nSPS) is 20.8. The molecular weight excluding hydrogens is 440 g/mol. The Morgan fingerprint density at radius 2 is 1.82 bits per heavy atom. The van der Waals surface area contributed by atoms with Gasteiger partial charge in [-0.2, -0.15) is 0 Å². The summed E-state index contributed by atoms with van der Waals surface area (Å²) in [6.45, 7) is 3.63. The second-order valence-corrected chi connectivity index (χ2v) is 11.7. The molecule has 1 amide bonds. The highest BCUT2D eigenvalue weighted by Crippen LogP contribution is 2.29. The molecule has 0 N–H and O–H groups in total. The average Bonchev–Trinajstić information content (AvgIpc) is 3.16. The smallest absolute Gasteiger partial charge is 0.339 e. The molecule has 1 saturated heterocycles. The molecular formula is C25H32N2O5S. The van der Waals surface area contributed by atoms with Gasteiger partial charge in [0, 0.05) is 23.2 Å². The molecule has 7 nitrogen and oxygen atoms in total. The first-order valence-electron chi connectivity index (χ1n) is 11.8. The van der Waals surface area contributed by atoms with E-state index in [1.807, 2.05) is 38.1 Å². The molecule has 0 spiro atoms. The van der Waals surface area contributed by atoms with Gasteiger partial charge in [-0.25, -0.2) is 13.2 Å². The summed E-state index contributed by atoms with van der Waals surface area (Å²) in [5.41, 5.74) is 1.89. The molecule has 1 aliphatic heterocycles. The Balaban J connectivity index is 1.53. The number of ether oxygens (including phenoxy) is 1. The summed E-state index contributed by atoms with van der Waals surface area (Å²) in [7, 11) is -3.13. The largest absolute Gasteiger partial charge is 0.452 e. The number of nitrogens with zero attached hydrogens (tertiary/aromatic N) is 2. The van der Waals surface area contributed by atoms with E-state index in [0.717, 1.165) is 37.8 Å². The second-order valence-electron chi connectivity index (χ2n) is 9.49. The molecule has 1 atom stereocenters. The zero-order valence-corrected chi connectivity index (χ0v) is 20.1. The zero-order valence-electron chi connectivity index (χ0n) is 19.3. The van der Waals surface area contributed by atoms with Crippen LogP contribution in [0, 0.1) is 0 Å². The summed E-state index contributed by atoms with van der Waals surface area (Å²) in [5, 5.41) is 0.686. The number of rotatable bonds is 6. The van der Waals surface area contributed by atoms with E-state index in [-0.39, 0.29) is 42.0 Å². The third kappa shape index (κ3) is 5.37. The van der Waals surface area contributed by atoms with Gasteiger partial charge in [0.25, 0.3) is 5.91 Å². The molecule has 2 aromatic rings. The first-order chi connectivity index (χ1) is 15.7. The van der Waals surface area contributed by atoms with Crippen LogP contribution in [0.1, 0.15) is 74.3 Å². The number of para-hydroxylation sites is 1. The number of pyridine rings is 1. The van der Waals surface area contributed by atoms with Gasteiger partial charge in [0.1, 0.15) is 0 Å². The minimum Gasteiger partial charge on any atom is -0.452 e. The van der Waals surface area contributed by atoms with E-state index in [1.165, 1.54) is 0 Å². The van der Waals surface area contributed by atoms with Crippen molar-refractivity contribution < 1.29 is 22.7 Å². The van der Waals surface area contributed by atoms with E-state index in [4.69, 9.17) is 4.74 Å². The van der Waals surface area contributed by atoms with Crippen LogP contribution in [-0.4, -0.2) is 60.4 Å². The summed E-state index contributed by atoms with van der Waals surface area (Å²) in [4.78, 5) is 32.7. The van der Waals surface area contributed by atoms with E-state index in [1.54, 1.807) is 11.0 Å². The zero-order chi connectivity index (χ0) is 23.6. The first-order valence-corrected chi connectivity index (χ1v) is 13.7. The lowest BCUT2D eigenvalue weighted by atomic mass is 9.93. The van der Waals surface area contributed by atoms with E-state index in [9.17, 15) is 18.0 Å². The molecule has 0 bridgehead atoms. The van der Waals surface area contributed by atoms with Crippen molar-refractivity contribution in [3.05, 3.63) is 41.6 Å². The molecule has 1 aromatic heterocycles. The molecule has 0 radical (unpaired) electrons. The third-order valence-corrected chi connectivity index (χ3v) is 8.48. The van der Waals surface area contributed by atoms with Crippen LogP contribution in [0.25, 0.3) is 10.9 Å². The van der Waals surface area contributed by atoms with Crippen molar-refractivity contribution >= 4 is 32.6 Å². The Labute approximate surface area is 195 Å². The van der Waals surface area contributed by atoms with Crippen LogP contribution in [0.2, 0.25) is 0 Å². The minimum absolute atomic E-state index is 0.00404. The number of amides is 1. The number of sulfone groups is 1. The van der Waals surface area contributed by atoms with Crippen molar-refractivity contribution in [3.8, 4) is 0 Å². The SMILES string of the molecule is CC(C)c1cc(C(=O)OCC(=O)N(C2CCCCC2)C2CCS(=O)(=O)C2)c2ccccc2n1. The first kappa shape index (κ1) is 23.7. The number of carbonyl (C=O) groups is 2. The van der Waals surface area contributed by atoms with Crippen molar-refractivity contribution in [1.82, 2.24) is 9.88 Å². The number of esters is 1. The highest BCUT2D eigenvalue weighted by molar-refractivity contribution is 7.91. The standard InChI is InChI=1S/C25H32N2O5S/c1-17(2)23-14-21(20-10-6-7-11-22(20)26-23)25(29)32-15-24(28)27(18-8-4-3-5-9-18)19-12-13-33(30,31)16-19/h6-7,10-11,14,17-19H,3-5,8-9,12-13,15-16H2,1-2H3. The lowest BCUT2D eigenvalue weighted by Gasteiger charge is -2.38. The number of benzene rings is 1. The highest BCUT2D eigenvalue weighted by Gasteiger charge is 2.38. The van der Waals surface area contributed by atoms with Gasteiger partial charge in [0.2, 0.25) is 0 Å². The molecule has 1 aromatic carbocycles. The van der Waals surface area contributed by atoms with Crippen LogP contribution in [0.5, 0.6) is 0 Å². The number of aromatic nitrogens is 1. The minimum atomic E-state index is -3.13. The van der Waals surface area contributed by atoms with Gasteiger partial charge in [-0.05, 0) is 37.3 Å². The van der Waals surface area contributed by atoms with Crippen molar-refractivity contribution in [2.75, 3.05) is 18.1 Å². The summed E-state index contributed by atoms with van der Waals surface area (Å²) in [6.07, 6.45) is 5.35. The molecule has 2 heterocycles. The van der Waals surface area contributed by atoms with Crippen LogP contribution < -0.4 is 0 Å². The fraction of sp³-hybridized carbons (Fsp3) is 0.560. The predicted octanol–water partition coefficient (Wildman–Crippen LogP) is 3.86. The topological polar surface area (TPSA) is 93.6 Å². The van der Waals surface area contributed by atoms with Crippen LogP contribution in [-0.2, 0) is 19.4 Å². The lowest BCUT2D eigenvalue weighted by Crippen LogP contribution is -2.50. The quantitative estimate of drug-likeness (QED) is 0.593.